The van der Waals surface area contributed by atoms with Gasteiger partial charge in [-0.05, 0) is 36.8 Å². The number of Topliss-reactive ketones (excluding diaryl/α,β-unsaturated/α-hetero) is 1. The van der Waals surface area contributed by atoms with Gasteiger partial charge in [-0.15, -0.1) is 0 Å². The van der Waals surface area contributed by atoms with Crippen LogP contribution in [0.25, 0.3) is 21.9 Å². The number of carbonyl (C=O) groups excluding carboxylic acids is 2. The second-order valence-electron chi connectivity index (χ2n) is 7.92. The molecule has 0 spiro atoms. The molecule has 2 aromatic heterocycles. The maximum Gasteiger partial charge on any atom is 0.290 e. The van der Waals surface area contributed by atoms with Crippen LogP contribution < -0.4 is 0 Å². The van der Waals surface area contributed by atoms with E-state index in [1.54, 1.807) is 25.4 Å². The van der Waals surface area contributed by atoms with Crippen molar-refractivity contribution < 1.29 is 23.8 Å². The highest BCUT2D eigenvalue weighted by atomic mass is 79.9. The fourth-order valence-corrected chi connectivity index (χ4v) is 4.78. The Morgan fingerprint density at radius 2 is 2.06 bits per heavy atom. The summed E-state index contributed by atoms with van der Waals surface area (Å²) in [5, 5.41) is 12.5. The summed E-state index contributed by atoms with van der Waals surface area (Å²) in [6.07, 6.45) is 2.35. The molecule has 0 aliphatic carbocycles. The number of furan rings is 1. The van der Waals surface area contributed by atoms with Crippen molar-refractivity contribution in [2.75, 3.05) is 20.3 Å². The standard InChI is InChI=1S/C25H21BrN2O5/c1-32-10-4-9-28-22(17-13-27-18-6-3-2-5-16(17)18)21(24(30)25(28)31)23(29)20-12-14-11-15(26)7-8-19(14)33-20/h2-3,5-8,11-13,22,27,30H,4,9-10H2,1H3. The van der Waals surface area contributed by atoms with Crippen LogP contribution in [0.1, 0.15) is 28.6 Å². The number of benzene rings is 2. The summed E-state index contributed by atoms with van der Waals surface area (Å²) in [5.41, 5.74) is 2.18. The third kappa shape index (κ3) is 3.65. The predicted octanol–water partition coefficient (Wildman–Crippen LogP) is 5.29. The maximum absolute atomic E-state index is 13.6. The molecule has 1 aliphatic heterocycles. The number of fused-ring (bicyclic) bond motifs is 2. The molecule has 1 aliphatic rings. The maximum atomic E-state index is 13.6. The highest BCUT2D eigenvalue weighted by Crippen LogP contribution is 2.42. The van der Waals surface area contributed by atoms with Crippen molar-refractivity contribution in [3.05, 3.63) is 81.9 Å². The number of para-hydroxylation sites is 1. The molecule has 5 rings (SSSR count). The molecule has 2 N–H and O–H groups in total. The molecule has 0 saturated heterocycles. The SMILES string of the molecule is COCCCN1C(=O)C(O)=C(C(=O)c2cc3cc(Br)ccc3o2)C1c1c[nH]c2ccccc12. The molecule has 0 bridgehead atoms. The second-order valence-corrected chi connectivity index (χ2v) is 8.84. The van der Waals surface area contributed by atoms with Crippen molar-refractivity contribution >= 4 is 49.5 Å². The second kappa shape index (κ2) is 8.53. The van der Waals surface area contributed by atoms with Gasteiger partial charge < -0.3 is 24.1 Å². The molecule has 1 amide bonds. The number of aromatic nitrogens is 1. The first kappa shape index (κ1) is 21.5. The Hall–Kier alpha value is -3.36. The van der Waals surface area contributed by atoms with Gasteiger partial charge in [0.15, 0.2) is 11.5 Å². The third-order valence-corrected chi connectivity index (χ3v) is 6.41. The fraction of sp³-hybridized carbons (Fsp3) is 0.200. The molecule has 4 aromatic rings. The van der Waals surface area contributed by atoms with Gasteiger partial charge in [-0.25, -0.2) is 0 Å². The van der Waals surface area contributed by atoms with Crippen LogP contribution in [0.5, 0.6) is 0 Å². The Morgan fingerprint density at radius 3 is 2.88 bits per heavy atom. The Morgan fingerprint density at radius 1 is 1.24 bits per heavy atom. The van der Waals surface area contributed by atoms with Crippen molar-refractivity contribution in [1.29, 1.82) is 0 Å². The van der Waals surface area contributed by atoms with Crippen LogP contribution in [-0.4, -0.2) is 46.9 Å². The topological polar surface area (TPSA) is 95.8 Å². The number of aliphatic hydroxyl groups is 1. The van der Waals surface area contributed by atoms with Gasteiger partial charge in [-0.3, -0.25) is 9.59 Å². The number of nitrogens with zero attached hydrogens (tertiary/aromatic N) is 1. The van der Waals surface area contributed by atoms with Crippen LogP contribution in [0.3, 0.4) is 0 Å². The molecular formula is C25H21BrN2O5. The number of methoxy groups -OCH3 is 1. The average Bonchev–Trinajstić information content (AvgIpc) is 3.49. The van der Waals surface area contributed by atoms with Crippen LogP contribution in [0.15, 0.2) is 74.9 Å². The molecule has 7 nitrogen and oxygen atoms in total. The Bertz CT molecular complexity index is 1420. The van der Waals surface area contributed by atoms with E-state index in [0.29, 0.717) is 25.2 Å². The summed E-state index contributed by atoms with van der Waals surface area (Å²) in [7, 11) is 1.59. The van der Waals surface area contributed by atoms with Gasteiger partial charge in [-0.1, -0.05) is 34.1 Å². The van der Waals surface area contributed by atoms with Gasteiger partial charge in [-0.2, -0.15) is 0 Å². The Labute approximate surface area is 197 Å². The number of amides is 1. The number of aliphatic hydroxyl groups excluding tert-OH is 1. The summed E-state index contributed by atoms with van der Waals surface area (Å²) in [6, 6.07) is 14.0. The largest absolute Gasteiger partial charge is 0.503 e. The lowest BCUT2D eigenvalue weighted by Crippen LogP contribution is -2.32. The van der Waals surface area contributed by atoms with Gasteiger partial charge in [0.1, 0.15) is 5.58 Å². The summed E-state index contributed by atoms with van der Waals surface area (Å²) < 4.78 is 11.8. The van der Waals surface area contributed by atoms with E-state index in [1.165, 1.54) is 4.90 Å². The summed E-state index contributed by atoms with van der Waals surface area (Å²) >= 11 is 3.42. The van der Waals surface area contributed by atoms with E-state index in [2.05, 4.69) is 20.9 Å². The average molecular weight is 509 g/mol. The lowest BCUT2D eigenvalue weighted by molar-refractivity contribution is -0.129. The zero-order valence-corrected chi connectivity index (χ0v) is 19.4. The monoisotopic (exact) mass is 508 g/mol. The zero-order valence-electron chi connectivity index (χ0n) is 17.8. The van der Waals surface area contributed by atoms with Crippen LogP contribution in [0, 0.1) is 0 Å². The van der Waals surface area contributed by atoms with Crippen LogP contribution in [-0.2, 0) is 9.53 Å². The number of aromatic amines is 1. The molecule has 33 heavy (non-hydrogen) atoms. The van der Waals surface area contributed by atoms with Crippen molar-refractivity contribution in [1.82, 2.24) is 9.88 Å². The summed E-state index contributed by atoms with van der Waals surface area (Å²) in [6.45, 7) is 0.775. The molecular weight excluding hydrogens is 488 g/mol. The van der Waals surface area contributed by atoms with Crippen molar-refractivity contribution in [2.24, 2.45) is 0 Å². The first-order valence-electron chi connectivity index (χ1n) is 10.5. The third-order valence-electron chi connectivity index (χ3n) is 5.91. The first-order chi connectivity index (χ1) is 16.0. The molecule has 0 radical (unpaired) electrons. The number of halogens is 1. The number of hydrogen-bond donors (Lipinski definition) is 2. The molecule has 1 atom stereocenters. The number of H-pyrrole nitrogens is 1. The van der Waals surface area contributed by atoms with Crippen LogP contribution in [0.2, 0.25) is 0 Å². The number of ether oxygens (including phenoxy) is 1. The van der Waals surface area contributed by atoms with E-state index in [9.17, 15) is 14.7 Å². The van der Waals surface area contributed by atoms with Gasteiger partial charge in [0.2, 0.25) is 5.78 Å². The number of rotatable bonds is 7. The van der Waals surface area contributed by atoms with Crippen molar-refractivity contribution in [3.63, 3.8) is 0 Å². The van der Waals surface area contributed by atoms with Gasteiger partial charge in [0.05, 0.1) is 11.6 Å². The van der Waals surface area contributed by atoms with Gasteiger partial charge in [0, 0.05) is 52.8 Å². The van der Waals surface area contributed by atoms with Crippen molar-refractivity contribution in [2.45, 2.75) is 12.5 Å². The minimum atomic E-state index is -0.752. The lowest BCUT2D eigenvalue weighted by atomic mass is 9.94. The number of carbonyl (C=O) groups is 2. The van der Waals surface area contributed by atoms with Crippen LogP contribution in [0.4, 0.5) is 0 Å². The normalized spacial score (nSPS) is 16.5. The first-order valence-corrected chi connectivity index (χ1v) is 11.3. The minimum absolute atomic E-state index is 0.0142. The summed E-state index contributed by atoms with van der Waals surface area (Å²) in [5.74, 6) is -1.57. The summed E-state index contributed by atoms with van der Waals surface area (Å²) in [4.78, 5) is 31.4. The Balaban J connectivity index is 1.62. The highest BCUT2D eigenvalue weighted by Gasteiger charge is 2.45. The Kier molecular flexibility index (Phi) is 5.55. The van der Waals surface area contributed by atoms with Crippen molar-refractivity contribution in [3.8, 4) is 0 Å². The minimum Gasteiger partial charge on any atom is -0.503 e. The van der Waals surface area contributed by atoms with E-state index < -0.39 is 23.5 Å². The molecule has 0 saturated carbocycles. The highest BCUT2D eigenvalue weighted by molar-refractivity contribution is 9.10. The van der Waals surface area contributed by atoms with E-state index in [1.807, 2.05) is 36.4 Å². The lowest BCUT2D eigenvalue weighted by Gasteiger charge is -2.26. The van der Waals surface area contributed by atoms with Gasteiger partial charge in [0.25, 0.3) is 5.91 Å². The zero-order chi connectivity index (χ0) is 23.1. The molecule has 2 aromatic carbocycles. The quantitative estimate of drug-likeness (QED) is 0.261. The van der Waals surface area contributed by atoms with E-state index in [-0.39, 0.29) is 11.3 Å². The number of hydrogen-bond acceptors (Lipinski definition) is 5. The number of nitrogens with one attached hydrogen (secondary N) is 1. The molecule has 0 fully saturated rings. The molecule has 3 heterocycles. The smallest absolute Gasteiger partial charge is 0.290 e. The van der Waals surface area contributed by atoms with E-state index in [4.69, 9.17) is 9.15 Å². The van der Waals surface area contributed by atoms with E-state index in [0.717, 1.165) is 26.3 Å². The molecule has 168 valence electrons. The van der Waals surface area contributed by atoms with E-state index >= 15 is 0 Å². The predicted molar refractivity (Wildman–Crippen MR) is 127 cm³/mol. The molecule has 1 unspecified atom stereocenters. The fourth-order valence-electron chi connectivity index (χ4n) is 4.40. The van der Waals surface area contributed by atoms with Gasteiger partial charge >= 0.3 is 0 Å². The van der Waals surface area contributed by atoms with Crippen LogP contribution >= 0.6 is 15.9 Å². The number of ketones is 1. The molecule has 8 heteroatoms.